The summed E-state index contributed by atoms with van der Waals surface area (Å²) in [5.74, 6) is 1.31. The van der Waals surface area contributed by atoms with Crippen molar-refractivity contribution >= 4 is 17.4 Å². The first-order valence-electron chi connectivity index (χ1n) is 8.05. The Morgan fingerprint density at radius 3 is 2.76 bits per heavy atom. The summed E-state index contributed by atoms with van der Waals surface area (Å²) in [6.45, 7) is 1.72. The normalized spacial score (nSPS) is 10.8. The zero-order valence-electron chi connectivity index (χ0n) is 14.0. The lowest BCUT2D eigenvalue weighted by molar-refractivity contribution is 0.0954. The molecule has 3 aromatic rings. The van der Waals surface area contributed by atoms with Gasteiger partial charge in [0.1, 0.15) is 5.82 Å². The van der Waals surface area contributed by atoms with Crippen LogP contribution in [-0.4, -0.2) is 52.5 Å². The van der Waals surface area contributed by atoms with Gasteiger partial charge in [-0.15, -0.1) is 15.3 Å². The van der Waals surface area contributed by atoms with E-state index in [1.165, 1.54) is 0 Å². The molecule has 0 atom stereocenters. The van der Waals surface area contributed by atoms with E-state index in [4.69, 9.17) is 4.74 Å². The van der Waals surface area contributed by atoms with Crippen molar-refractivity contribution in [2.75, 3.05) is 32.1 Å². The van der Waals surface area contributed by atoms with E-state index in [9.17, 15) is 4.79 Å². The second-order valence-electron chi connectivity index (χ2n) is 5.40. The molecular formula is C17H20N6O2. The number of amides is 1. The number of nitrogens with zero attached hydrogens (tertiary/aromatic N) is 4. The lowest BCUT2D eigenvalue weighted by Gasteiger charge is -2.06. The summed E-state index contributed by atoms with van der Waals surface area (Å²) >= 11 is 0. The monoisotopic (exact) mass is 340 g/mol. The zero-order valence-corrected chi connectivity index (χ0v) is 14.0. The highest BCUT2D eigenvalue weighted by Crippen LogP contribution is 2.07. The van der Waals surface area contributed by atoms with E-state index in [0.717, 1.165) is 5.82 Å². The number of hydrogen-bond donors (Lipinski definition) is 2. The highest BCUT2D eigenvalue weighted by molar-refractivity contribution is 5.94. The van der Waals surface area contributed by atoms with Gasteiger partial charge >= 0.3 is 0 Å². The van der Waals surface area contributed by atoms with Crippen molar-refractivity contribution in [2.24, 2.45) is 0 Å². The van der Waals surface area contributed by atoms with Crippen LogP contribution in [0.25, 0.3) is 5.65 Å². The van der Waals surface area contributed by atoms with Crippen LogP contribution in [0.2, 0.25) is 0 Å². The molecule has 0 fully saturated rings. The van der Waals surface area contributed by atoms with Crippen molar-refractivity contribution in [3.8, 4) is 0 Å². The minimum Gasteiger partial charge on any atom is -0.383 e. The molecule has 25 heavy (non-hydrogen) atoms. The van der Waals surface area contributed by atoms with Crippen LogP contribution in [0.4, 0.5) is 5.82 Å². The van der Waals surface area contributed by atoms with Gasteiger partial charge < -0.3 is 15.4 Å². The number of benzene rings is 1. The number of fused-ring (bicyclic) bond motifs is 1. The van der Waals surface area contributed by atoms with Crippen LogP contribution in [0.15, 0.2) is 42.5 Å². The van der Waals surface area contributed by atoms with Crippen LogP contribution in [-0.2, 0) is 11.2 Å². The number of carbonyl (C=O) groups is 1. The van der Waals surface area contributed by atoms with E-state index in [0.29, 0.717) is 43.2 Å². The zero-order chi connectivity index (χ0) is 17.5. The Morgan fingerprint density at radius 1 is 1.12 bits per heavy atom. The summed E-state index contributed by atoms with van der Waals surface area (Å²) in [5.41, 5.74) is 1.30. The predicted octanol–water partition coefficient (Wildman–Crippen LogP) is 1.16. The van der Waals surface area contributed by atoms with Gasteiger partial charge in [0, 0.05) is 32.2 Å². The molecule has 2 N–H and O–H groups in total. The fraction of sp³-hybridized carbons (Fsp3) is 0.294. The van der Waals surface area contributed by atoms with Gasteiger partial charge in [0.15, 0.2) is 11.5 Å². The minimum absolute atomic E-state index is 0.107. The summed E-state index contributed by atoms with van der Waals surface area (Å²) in [6, 6.07) is 12.8. The summed E-state index contributed by atoms with van der Waals surface area (Å²) in [4.78, 5) is 12.0. The molecule has 1 aromatic carbocycles. The highest BCUT2D eigenvalue weighted by Gasteiger charge is 2.09. The standard InChI is InChI=1S/C17H20N6O2/c1-25-12-11-18-14-7-8-15-20-21-16(23(15)22-14)9-10-19-17(24)13-5-3-2-4-6-13/h2-8H,9-12H2,1H3,(H,18,22)(H,19,24). The first-order chi connectivity index (χ1) is 12.3. The third-order valence-corrected chi connectivity index (χ3v) is 3.61. The maximum absolute atomic E-state index is 12.0. The molecule has 2 heterocycles. The van der Waals surface area contributed by atoms with Gasteiger partial charge in [-0.1, -0.05) is 18.2 Å². The Kier molecular flexibility index (Phi) is 5.53. The van der Waals surface area contributed by atoms with Crippen LogP contribution >= 0.6 is 0 Å². The number of anilines is 1. The number of aromatic nitrogens is 4. The average molecular weight is 340 g/mol. The van der Waals surface area contributed by atoms with Crippen LogP contribution in [0, 0.1) is 0 Å². The Bertz CT molecular complexity index is 834. The van der Waals surface area contributed by atoms with Gasteiger partial charge in [-0.3, -0.25) is 4.79 Å². The predicted molar refractivity (Wildman–Crippen MR) is 93.6 cm³/mol. The summed E-state index contributed by atoms with van der Waals surface area (Å²) in [5, 5.41) is 18.8. The van der Waals surface area contributed by atoms with E-state index >= 15 is 0 Å². The van der Waals surface area contributed by atoms with Crippen molar-refractivity contribution < 1.29 is 9.53 Å². The topological polar surface area (TPSA) is 93.4 Å². The van der Waals surface area contributed by atoms with E-state index in [1.54, 1.807) is 23.8 Å². The quantitative estimate of drug-likeness (QED) is 0.598. The lowest BCUT2D eigenvalue weighted by Crippen LogP contribution is -2.26. The fourth-order valence-electron chi connectivity index (χ4n) is 2.34. The first kappa shape index (κ1) is 16.8. The van der Waals surface area contributed by atoms with Gasteiger partial charge in [-0.25, -0.2) is 0 Å². The van der Waals surface area contributed by atoms with Crippen molar-refractivity contribution in [1.82, 2.24) is 25.1 Å². The van der Waals surface area contributed by atoms with Crippen molar-refractivity contribution in [1.29, 1.82) is 0 Å². The van der Waals surface area contributed by atoms with E-state index in [2.05, 4.69) is 25.9 Å². The summed E-state index contributed by atoms with van der Waals surface area (Å²) in [6.07, 6.45) is 0.536. The molecule has 0 saturated heterocycles. The maximum Gasteiger partial charge on any atom is 0.251 e. The van der Waals surface area contributed by atoms with Gasteiger partial charge in [-0.05, 0) is 24.3 Å². The third-order valence-electron chi connectivity index (χ3n) is 3.61. The Hall–Kier alpha value is -3.00. The Balaban J connectivity index is 1.61. The van der Waals surface area contributed by atoms with Gasteiger partial charge in [0.25, 0.3) is 5.91 Å². The smallest absolute Gasteiger partial charge is 0.251 e. The van der Waals surface area contributed by atoms with Crippen LogP contribution < -0.4 is 10.6 Å². The van der Waals surface area contributed by atoms with E-state index in [1.807, 2.05) is 30.3 Å². The molecule has 0 aliphatic carbocycles. The molecule has 1 amide bonds. The largest absolute Gasteiger partial charge is 0.383 e. The number of carbonyl (C=O) groups excluding carboxylic acids is 1. The number of nitrogens with one attached hydrogen (secondary N) is 2. The molecule has 0 radical (unpaired) electrons. The van der Waals surface area contributed by atoms with Crippen molar-refractivity contribution in [3.05, 3.63) is 53.9 Å². The molecule has 2 aromatic heterocycles. The highest BCUT2D eigenvalue weighted by atomic mass is 16.5. The fourth-order valence-corrected chi connectivity index (χ4v) is 2.34. The lowest BCUT2D eigenvalue weighted by atomic mass is 10.2. The van der Waals surface area contributed by atoms with E-state index in [-0.39, 0.29) is 5.91 Å². The molecule has 3 rings (SSSR count). The van der Waals surface area contributed by atoms with Crippen molar-refractivity contribution in [2.45, 2.75) is 6.42 Å². The van der Waals surface area contributed by atoms with Crippen LogP contribution in [0.1, 0.15) is 16.2 Å². The van der Waals surface area contributed by atoms with Crippen molar-refractivity contribution in [3.63, 3.8) is 0 Å². The molecule has 0 aliphatic rings. The number of rotatable bonds is 8. The molecule has 8 nitrogen and oxygen atoms in total. The van der Waals surface area contributed by atoms with Crippen LogP contribution in [0.5, 0.6) is 0 Å². The average Bonchev–Trinajstić information content (AvgIpc) is 3.05. The molecule has 0 unspecified atom stereocenters. The summed E-state index contributed by atoms with van der Waals surface area (Å²) < 4.78 is 6.69. The molecule has 130 valence electrons. The summed E-state index contributed by atoms with van der Waals surface area (Å²) in [7, 11) is 1.65. The second-order valence-corrected chi connectivity index (χ2v) is 5.40. The Morgan fingerprint density at radius 2 is 1.96 bits per heavy atom. The van der Waals surface area contributed by atoms with Crippen LogP contribution in [0.3, 0.4) is 0 Å². The van der Waals surface area contributed by atoms with E-state index < -0.39 is 0 Å². The number of ether oxygens (including phenoxy) is 1. The molecule has 0 bridgehead atoms. The van der Waals surface area contributed by atoms with Gasteiger partial charge in [0.05, 0.1) is 6.61 Å². The van der Waals surface area contributed by atoms with Gasteiger partial charge in [-0.2, -0.15) is 4.52 Å². The molecule has 0 spiro atoms. The number of methoxy groups -OCH3 is 1. The molecule has 0 saturated carbocycles. The second kappa shape index (κ2) is 8.20. The maximum atomic E-state index is 12.0. The molecule has 0 aliphatic heterocycles. The Labute approximate surface area is 145 Å². The third kappa shape index (κ3) is 4.30. The minimum atomic E-state index is -0.107. The number of hydrogen-bond acceptors (Lipinski definition) is 6. The molecule has 8 heteroatoms. The van der Waals surface area contributed by atoms with Gasteiger partial charge in [0.2, 0.25) is 0 Å². The first-order valence-corrected chi connectivity index (χ1v) is 8.05. The molecular weight excluding hydrogens is 320 g/mol. The SMILES string of the molecule is COCCNc1ccc2nnc(CCNC(=O)c3ccccc3)n2n1.